The van der Waals surface area contributed by atoms with Gasteiger partial charge in [-0.2, -0.15) is 0 Å². The van der Waals surface area contributed by atoms with Gasteiger partial charge in [0.15, 0.2) is 0 Å². The Morgan fingerprint density at radius 3 is 2.88 bits per heavy atom. The Morgan fingerprint density at radius 2 is 2.18 bits per heavy atom. The van der Waals surface area contributed by atoms with Crippen LogP contribution in [-0.2, 0) is 11.3 Å². The molecule has 1 unspecified atom stereocenters. The van der Waals surface area contributed by atoms with Crippen molar-refractivity contribution in [3.05, 3.63) is 29.0 Å². The van der Waals surface area contributed by atoms with Gasteiger partial charge >= 0.3 is 0 Å². The summed E-state index contributed by atoms with van der Waals surface area (Å²) in [6.45, 7) is 4.90. The number of aromatic nitrogens is 1. The van der Waals surface area contributed by atoms with Crippen molar-refractivity contribution < 1.29 is 4.74 Å². The first kappa shape index (κ1) is 14.5. The minimum Gasteiger partial charge on any atom is -0.372 e. The van der Waals surface area contributed by atoms with Crippen LogP contribution in [0.1, 0.15) is 51.6 Å². The van der Waals surface area contributed by atoms with Crippen molar-refractivity contribution in [2.24, 2.45) is 0 Å². The molecule has 0 radical (unpaired) electrons. The van der Waals surface area contributed by atoms with Crippen LogP contribution in [-0.4, -0.2) is 11.1 Å². The lowest BCUT2D eigenvalue weighted by molar-refractivity contribution is 0.0440. The van der Waals surface area contributed by atoms with Gasteiger partial charge in [0.1, 0.15) is 0 Å². The molecule has 1 rings (SSSR count). The number of hydrogen-bond donors (Lipinski definition) is 0. The number of ether oxygens (including phenoxy) is 1. The fourth-order valence-electron chi connectivity index (χ4n) is 1.70. The molecular weight excluding hydrogens is 234 g/mol. The van der Waals surface area contributed by atoms with Gasteiger partial charge in [-0.25, -0.2) is 0 Å². The summed E-state index contributed by atoms with van der Waals surface area (Å²) in [5.41, 5.74) is 0.901. The Morgan fingerprint density at radius 1 is 1.35 bits per heavy atom. The maximum atomic E-state index is 5.88. The minimum absolute atomic E-state index is 0.299. The Balaban J connectivity index is 2.17. The van der Waals surface area contributed by atoms with Gasteiger partial charge in [-0.1, -0.05) is 44.2 Å². The molecule has 0 saturated carbocycles. The van der Waals surface area contributed by atoms with Crippen molar-refractivity contribution in [3.63, 3.8) is 0 Å². The lowest BCUT2D eigenvalue weighted by atomic mass is 10.1. The van der Waals surface area contributed by atoms with Gasteiger partial charge in [-0.3, -0.25) is 4.98 Å². The quantitative estimate of drug-likeness (QED) is 0.633. The highest BCUT2D eigenvalue weighted by Gasteiger charge is 2.03. The minimum atomic E-state index is 0.299. The molecule has 0 bridgehead atoms. The number of unbranched alkanes of at least 4 members (excludes halogenated alkanes) is 3. The molecular formula is C14H22ClNO. The Hall–Kier alpha value is -0.600. The molecule has 0 fully saturated rings. The molecule has 1 heterocycles. The summed E-state index contributed by atoms with van der Waals surface area (Å²) >= 11 is 5.88. The van der Waals surface area contributed by atoms with Gasteiger partial charge in [0.25, 0.3) is 0 Å². The van der Waals surface area contributed by atoms with E-state index in [4.69, 9.17) is 16.3 Å². The van der Waals surface area contributed by atoms with Gasteiger partial charge in [-0.15, -0.1) is 0 Å². The second kappa shape index (κ2) is 8.48. The fourth-order valence-corrected chi connectivity index (χ4v) is 1.88. The molecule has 0 aliphatic rings. The van der Waals surface area contributed by atoms with Crippen molar-refractivity contribution in [1.29, 1.82) is 0 Å². The van der Waals surface area contributed by atoms with Crippen LogP contribution in [0.2, 0.25) is 5.02 Å². The van der Waals surface area contributed by atoms with Crippen LogP contribution in [0, 0.1) is 0 Å². The second-order valence-electron chi connectivity index (χ2n) is 4.44. The van der Waals surface area contributed by atoms with Crippen LogP contribution in [0.25, 0.3) is 0 Å². The SMILES string of the molecule is CCCCCCC(C)OCc1cc(Cl)ccn1. The average Bonchev–Trinajstić information content (AvgIpc) is 2.32. The normalized spacial score (nSPS) is 12.6. The van der Waals surface area contributed by atoms with Crippen LogP contribution in [0.15, 0.2) is 18.3 Å². The van der Waals surface area contributed by atoms with Crippen molar-refractivity contribution in [1.82, 2.24) is 4.98 Å². The van der Waals surface area contributed by atoms with Crippen LogP contribution < -0.4 is 0 Å². The van der Waals surface area contributed by atoms with E-state index in [0.29, 0.717) is 17.7 Å². The standard InChI is InChI=1S/C14H22ClNO/c1-3-4-5-6-7-12(2)17-11-14-10-13(15)8-9-16-14/h8-10,12H,3-7,11H2,1-2H3. The number of pyridine rings is 1. The van der Waals surface area contributed by atoms with E-state index in [1.54, 1.807) is 12.3 Å². The van der Waals surface area contributed by atoms with E-state index in [1.807, 2.05) is 6.07 Å². The topological polar surface area (TPSA) is 22.1 Å². The first-order chi connectivity index (χ1) is 8.22. The number of hydrogen-bond acceptors (Lipinski definition) is 2. The monoisotopic (exact) mass is 255 g/mol. The molecule has 3 heteroatoms. The molecule has 96 valence electrons. The summed E-state index contributed by atoms with van der Waals surface area (Å²) < 4.78 is 5.74. The lowest BCUT2D eigenvalue weighted by Crippen LogP contribution is -2.08. The first-order valence-electron chi connectivity index (χ1n) is 6.44. The van der Waals surface area contributed by atoms with Crippen molar-refractivity contribution in [2.45, 2.75) is 58.7 Å². The van der Waals surface area contributed by atoms with E-state index in [1.165, 1.54) is 25.7 Å². The third-order valence-electron chi connectivity index (χ3n) is 2.76. The van der Waals surface area contributed by atoms with Crippen LogP contribution in [0.5, 0.6) is 0 Å². The molecule has 2 nitrogen and oxygen atoms in total. The Labute approximate surface area is 109 Å². The van der Waals surface area contributed by atoms with Gasteiger partial charge in [0.05, 0.1) is 18.4 Å². The number of rotatable bonds is 8. The summed E-state index contributed by atoms with van der Waals surface area (Å²) in [6, 6.07) is 3.63. The number of halogens is 1. The fraction of sp³-hybridized carbons (Fsp3) is 0.643. The summed E-state index contributed by atoms with van der Waals surface area (Å²) in [4.78, 5) is 4.21. The zero-order valence-corrected chi connectivity index (χ0v) is 11.5. The third-order valence-corrected chi connectivity index (χ3v) is 2.99. The van der Waals surface area contributed by atoms with Crippen molar-refractivity contribution >= 4 is 11.6 Å². The van der Waals surface area contributed by atoms with Gasteiger partial charge in [-0.05, 0) is 25.5 Å². The molecule has 0 aromatic carbocycles. The van der Waals surface area contributed by atoms with E-state index in [0.717, 1.165) is 12.1 Å². The maximum Gasteiger partial charge on any atom is 0.0892 e. The van der Waals surface area contributed by atoms with Gasteiger partial charge < -0.3 is 4.74 Å². The van der Waals surface area contributed by atoms with E-state index in [2.05, 4.69) is 18.8 Å². The van der Waals surface area contributed by atoms with Gasteiger partial charge in [0.2, 0.25) is 0 Å². The Bertz CT molecular complexity index is 317. The molecule has 1 aromatic rings. The van der Waals surface area contributed by atoms with Crippen molar-refractivity contribution in [2.75, 3.05) is 0 Å². The van der Waals surface area contributed by atoms with Gasteiger partial charge in [0, 0.05) is 11.2 Å². The average molecular weight is 256 g/mol. The smallest absolute Gasteiger partial charge is 0.0892 e. The third kappa shape index (κ3) is 6.64. The van der Waals surface area contributed by atoms with Crippen LogP contribution in [0.4, 0.5) is 0 Å². The zero-order valence-electron chi connectivity index (χ0n) is 10.8. The van der Waals surface area contributed by atoms with E-state index in [9.17, 15) is 0 Å². The molecule has 17 heavy (non-hydrogen) atoms. The predicted octanol–water partition coefficient (Wildman–Crippen LogP) is 4.61. The highest BCUT2D eigenvalue weighted by molar-refractivity contribution is 6.30. The molecule has 0 N–H and O–H groups in total. The molecule has 0 aliphatic carbocycles. The summed E-state index contributed by atoms with van der Waals surface area (Å²) in [5.74, 6) is 0. The summed E-state index contributed by atoms with van der Waals surface area (Å²) in [6.07, 6.45) is 8.29. The predicted molar refractivity (Wildman–Crippen MR) is 72.3 cm³/mol. The highest BCUT2D eigenvalue weighted by atomic mass is 35.5. The molecule has 0 saturated heterocycles. The second-order valence-corrected chi connectivity index (χ2v) is 4.87. The van der Waals surface area contributed by atoms with E-state index < -0.39 is 0 Å². The molecule has 0 spiro atoms. The highest BCUT2D eigenvalue weighted by Crippen LogP contribution is 2.12. The molecule has 1 atom stereocenters. The lowest BCUT2D eigenvalue weighted by Gasteiger charge is -2.12. The van der Waals surface area contributed by atoms with E-state index in [-0.39, 0.29) is 0 Å². The zero-order chi connectivity index (χ0) is 12.5. The largest absolute Gasteiger partial charge is 0.372 e. The molecule has 0 aliphatic heterocycles. The summed E-state index contributed by atoms with van der Waals surface area (Å²) in [7, 11) is 0. The molecule has 0 amide bonds. The first-order valence-corrected chi connectivity index (χ1v) is 6.82. The maximum absolute atomic E-state index is 5.88. The van der Waals surface area contributed by atoms with Crippen LogP contribution in [0.3, 0.4) is 0 Å². The van der Waals surface area contributed by atoms with Crippen LogP contribution >= 0.6 is 11.6 Å². The van der Waals surface area contributed by atoms with E-state index >= 15 is 0 Å². The summed E-state index contributed by atoms with van der Waals surface area (Å²) in [5, 5.41) is 0.717. The molecule has 1 aromatic heterocycles. The van der Waals surface area contributed by atoms with Crippen molar-refractivity contribution in [3.8, 4) is 0 Å². The Kier molecular flexibility index (Phi) is 7.22. The number of nitrogens with zero attached hydrogens (tertiary/aromatic N) is 1.